The molecule has 0 saturated heterocycles. The van der Waals surface area contributed by atoms with E-state index in [1.165, 1.54) is 0 Å². The number of hydrogen-bond acceptors (Lipinski definition) is 2. The van der Waals surface area contributed by atoms with Crippen molar-refractivity contribution in [3.05, 3.63) is 0 Å². The molecule has 1 rings (SSSR count). The predicted molar refractivity (Wildman–Crippen MR) is 49.4 cm³/mol. The second-order valence-electron chi connectivity index (χ2n) is 4.37. The van der Waals surface area contributed by atoms with Crippen LogP contribution in [0.2, 0.25) is 0 Å². The minimum atomic E-state index is -0.969. The van der Waals surface area contributed by atoms with Crippen LogP contribution in [0.1, 0.15) is 39.5 Å². The van der Waals surface area contributed by atoms with Crippen molar-refractivity contribution in [1.29, 1.82) is 0 Å². The van der Waals surface area contributed by atoms with E-state index >= 15 is 0 Å². The molecule has 1 fully saturated rings. The van der Waals surface area contributed by atoms with Crippen molar-refractivity contribution in [2.75, 3.05) is 0 Å². The van der Waals surface area contributed by atoms with E-state index in [2.05, 4.69) is 6.92 Å². The summed E-state index contributed by atoms with van der Waals surface area (Å²) in [5.41, 5.74) is -0.969. The lowest BCUT2D eigenvalue weighted by Gasteiger charge is -2.38. The van der Waals surface area contributed by atoms with Gasteiger partial charge < -0.3 is 10.2 Å². The number of hydrogen-bond donors (Lipinski definition) is 2. The van der Waals surface area contributed by atoms with E-state index in [0.717, 1.165) is 12.8 Å². The molecule has 1 saturated carbocycles. The molecule has 0 aromatic rings. The average Bonchev–Trinajstić information content (AvgIpc) is 2.02. The van der Waals surface area contributed by atoms with E-state index < -0.39 is 17.5 Å². The van der Waals surface area contributed by atoms with Gasteiger partial charge in [0.2, 0.25) is 0 Å². The van der Waals surface area contributed by atoms with Crippen LogP contribution in [-0.2, 0) is 4.79 Å². The maximum absolute atomic E-state index is 10.8. The summed E-state index contributed by atoms with van der Waals surface area (Å²) in [6, 6.07) is 0. The van der Waals surface area contributed by atoms with Gasteiger partial charge in [-0.15, -0.1) is 0 Å². The summed E-state index contributed by atoms with van der Waals surface area (Å²) in [5, 5.41) is 18.9. The van der Waals surface area contributed by atoms with E-state index in [0.29, 0.717) is 18.8 Å². The van der Waals surface area contributed by atoms with Gasteiger partial charge in [0.15, 0.2) is 0 Å². The summed E-state index contributed by atoms with van der Waals surface area (Å²) in [7, 11) is 0. The molecule has 1 aliphatic carbocycles. The molecule has 0 aromatic carbocycles. The summed E-state index contributed by atoms with van der Waals surface area (Å²) in [6.07, 6.45) is 3.30. The van der Waals surface area contributed by atoms with Gasteiger partial charge in [0.05, 0.1) is 11.5 Å². The van der Waals surface area contributed by atoms with Gasteiger partial charge in [0.25, 0.3) is 0 Å². The van der Waals surface area contributed by atoms with E-state index in [4.69, 9.17) is 5.11 Å². The van der Waals surface area contributed by atoms with Gasteiger partial charge in [-0.05, 0) is 25.7 Å². The van der Waals surface area contributed by atoms with E-state index in [1.807, 2.05) is 0 Å². The highest BCUT2D eigenvalue weighted by Gasteiger charge is 2.41. The first-order chi connectivity index (χ1) is 5.96. The first-order valence-corrected chi connectivity index (χ1v) is 4.91. The topological polar surface area (TPSA) is 57.5 Å². The van der Waals surface area contributed by atoms with Crippen LogP contribution >= 0.6 is 0 Å². The monoisotopic (exact) mass is 186 g/mol. The first kappa shape index (κ1) is 10.5. The van der Waals surface area contributed by atoms with Crippen LogP contribution in [0.3, 0.4) is 0 Å². The van der Waals surface area contributed by atoms with Gasteiger partial charge in [0, 0.05) is 0 Å². The fourth-order valence-electron chi connectivity index (χ4n) is 2.19. The fourth-order valence-corrected chi connectivity index (χ4v) is 2.19. The summed E-state index contributed by atoms with van der Waals surface area (Å²) in [5.74, 6) is -1.09. The van der Waals surface area contributed by atoms with Crippen molar-refractivity contribution in [2.24, 2.45) is 11.8 Å². The second-order valence-corrected chi connectivity index (χ2v) is 4.37. The van der Waals surface area contributed by atoms with Crippen LogP contribution in [0.25, 0.3) is 0 Å². The molecule has 13 heavy (non-hydrogen) atoms. The molecule has 0 aromatic heterocycles. The second kappa shape index (κ2) is 3.66. The zero-order valence-corrected chi connectivity index (χ0v) is 8.29. The maximum Gasteiger partial charge on any atom is 0.309 e. The largest absolute Gasteiger partial charge is 0.481 e. The number of rotatable bonds is 2. The highest BCUT2D eigenvalue weighted by molar-refractivity contribution is 5.71. The Hall–Kier alpha value is -0.570. The molecule has 0 bridgehead atoms. The number of carbonyl (C=O) groups is 1. The van der Waals surface area contributed by atoms with Gasteiger partial charge in [0.1, 0.15) is 0 Å². The Morgan fingerprint density at radius 1 is 1.62 bits per heavy atom. The molecule has 0 spiro atoms. The van der Waals surface area contributed by atoms with Crippen LogP contribution < -0.4 is 0 Å². The Balaban J connectivity index is 2.68. The number of aliphatic hydroxyl groups is 1. The van der Waals surface area contributed by atoms with Crippen LogP contribution in [0, 0.1) is 11.8 Å². The normalized spacial score (nSPS) is 37.0. The quantitative estimate of drug-likeness (QED) is 0.689. The molecule has 3 nitrogen and oxygen atoms in total. The van der Waals surface area contributed by atoms with Crippen LogP contribution in [0.4, 0.5) is 0 Å². The molecule has 0 amide bonds. The highest BCUT2D eigenvalue weighted by atomic mass is 16.4. The summed E-state index contributed by atoms with van der Waals surface area (Å²) in [4.78, 5) is 10.8. The number of carboxylic acid groups (broad SMARTS) is 1. The minimum absolute atomic E-state index is 0.445. The molecule has 3 heteroatoms. The Morgan fingerprint density at radius 2 is 2.23 bits per heavy atom. The Morgan fingerprint density at radius 3 is 2.69 bits per heavy atom. The van der Waals surface area contributed by atoms with Crippen molar-refractivity contribution < 1.29 is 15.0 Å². The molecule has 0 heterocycles. The molecular weight excluding hydrogens is 168 g/mol. The van der Waals surface area contributed by atoms with Crippen LogP contribution in [-0.4, -0.2) is 21.8 Å². The summed E-state index contributed by atoms with van der Waals surface area (Å²) in [6.45, 7) is 3.67. The third kappa shape index (κ3) is 2.21. The maximum atomic E-state index is 10.8. The van der Waals surface area contributed by atoms with E-state index in [9.17, 15) is 9.90 Å². The van der Waals surface area contributed by atoms with Crippen molar-refractivity contribution in [3.8, 4) is 0 Å². The zero-order chi connectivity index (χ0) is 10.1. The smallest absolute Gasteiger partial charge is 0.309 e. The van der Waals surface area contributed by atoms with Gasteiger partial charge >= 0.3 is 5.97 Å². The lowest BCUT2D eigenvalue weighted by Crippen LogP contribution is -2.44. The van der Waals surface area contributed by atoms with Crippen molar-refractivity contribution in [1.82, 2.24) is 0 Å². The molecule has 76 valence electrons. The molecular formula is C10H18O3. The van der Waals surface area contributed by atoms with Gasteiger partial charge in [-0.25, -0.2) is 0 Å². The average molecular weight is 186 g/mol. The van der Waals surface area contributed by atoms with Crippen molar-refractivity contribution >= 4 is 5.97 Å². The Bertz CT molecular complexity index is 202. The number of carboxylic acids is 1. The molecule has 1 aliphatic rings. The zero-order valence-electron chi connectivity index (χ0n) is 8.29. The third-order valence-corrected chi connectivity index (χ3v) is 3.19. The predicted octanol–water partition coefficient (Wildman–Crippen LogP) is 1.65. The van der Waals surface area contributed by atoms with Gasteiger partial charge in [-0.2, -0.15) is 0 Å². The minimum Gasteiger partial charge on any atom is -0.481 e. The molecule has 0 aliphatic heterocycles. The SMILES string of the molecule is CC1CCCC(O)(C(C)C(=O)O)C1. The molecule has 0 radical (unpaired) electrons. The molecule has 3 unspecified atom stereocenters. The summed E-state index contributed by atoms with van der Waals surface area (Å²) >= 11 is 0. The van der Waals surface area contributed by atoms with Gasteiger partial charge in [-0.1, -0.05) is 19.8 Å². The van der Waals surface area contributed by atoms with Gasteiger partial charge in [-0.3, -0.25) is 4.79 Å². The first-order valence-electron chi connectivity index (χ1n) is 4.91. The fraction of sp³-hybridized carbons (Fsp3) is 0.900. The standard InChI is InChI=1S/C10H18O3/c1-7-4-3-5-10(13,6-7)8(2)9(11)12/h7-8,13H,3-6H2,1-2H3,(H,11,12). The summed E-state index contributed by atoms with van der Waals surface area (Å²) < 4.78 is 0. The third-order valence-electron chi connectivity index (χ3n) is 3.19. The highest BCUT2D eigenvalue weighted by Crippen LogP contribution is 2.37. The molecule has 3 atom stereocenters. The van der Waals surface area contributed by atoms with Crippen LogP contribution in [0.15, 0.2) is 0 Å². The Kier molecular flexibility index (Phi) is 2.96. The van der Waals surface area contributed by atoms with Crippen molar-refractivity contribution in [3.63, 3.8) is 0 Å². The van der Waals surface area contributed by atoms with Crippen LogP contribution in [0.5, 0.6) is 0 Å². The Labute approximate surface area is 78.8 Å². The van der Waals surface area contributed by atoms with E-state index in [-0.39, 0.29) is 0 Å². The van der Waals surface area contributed by atoms with E-state index in [1.54, 1.807) is 6.92 Å². The lowest BCUT2D eigenvalue weighted by molar-refractivity contribution is -0.154. The molecule has 2 N–H and O–H groups in total. The lowest BCUT2D eigenvalue weighted by atomic mass is 9.72. The van der Waals surface area contributed by atoms with Crippen molar-refractivity contribution in [2.45, 2.75) is 45.1 Å². The number of aliphatic carboxylic acids is 1.